The third-order valence-electron chi connectivity index (χ3n) is 3.35. The molecule has 0 aliphatic heterocycles. The summed E-state index contributed by atoms with van der Waals surface area (Å²) in [5, 5.41) is 12.2. The minimum absolute atomic E-state index is 0.0168. The summed E-state index contributed by atoms with van der Waals surface area (Å²) in [4.78, 5) is 12.1. The van der Waals surface area contributed by atoms with Crippen molar-refractivity contribution >= 4 is 5.91 Å². The molecule has 0 unspecified atom stereocenters. The Bertz CT molecular complexity index is 425. The van der Waals surface area contributed by atoms with Crippen LogP contribution in [-0.2, 0) is 0 Å². The molecule has 1 aromatic carbocycles. The van der Waals surface area contributed by atoms with Crippen LogP contribution in [0.2, 0.25) is 0 Å². The van der Waals surface area contributed by atoms with E-state index in [1.807, 2.05) is 32.9 Å². The highest BCUT2D eigenvalue weighted by molar-refractivity contribution is 5.97. The molecule has 1 aromatic rings. The Morgan fingerprint density at radius 2 is 1.76 bits per heavy atom. The second-order valence-electron chi connectivity index (χ2n) is 5.07. The number of aryl methyl sites for hydroxylation is 3. The van der Waals surface area contributed by atoms with Gasteiger partial charge in [-0.1, -0.05) is 17.7 Å². The Balaban J connectivity index is 2.14. The summed E-state index contributed by atoms with van der Waals surface area (Å²) in [6.07, 6.45) is 1.12. The second-order valence-corrected chi connectivity index (χ2v) is 5.07. The van der Waals surface area contributed by atoms with Gasteiger partial charge in [0.1, 0.15) is 0 Å². The summed E-state index contributed by atoms with van der Waals surface area (Å²) in [6.45, 7) is 5.96. The highest BCUT2D eigenvalue weighted by Gasteiger charge is 2.29. The van der Waals surface area contributed by atoms with Crippen LogP contribution in [0.25, 0.3) is 0 Å². The van der Waals surface area contributed by atoms with Gasteiger partial charge in [-0.3, -0.25) is 4.79 Å². The van der Waals surface area contributed by atoms with E-state index in [0.717, 1.165) is 16.7 Å². The molecule has 1 aliphatic rings. The fourth-order valence-corrected chi connectivity index (χ4v) is 2.50. The van der Waals surface area contributed by atoms with Gasteiger partial charge in [-0.15, -0.1) is 0 Å². The first-order chi connectivity index (χ1) is 7.97. The number of aliphatic hydroxyl groups excluding tert-OH is 1. The van der Waals surface area contributed by atoms with E-state index in [1.165, 1.54) is 5.56 Å². The first-order valence-corrected chi connectivity index (χ1v) is 6.04. The van der Waals surface area contributed by atoms with Crippen LogP contribution < -0.4 is 5.32 Å². The van der Waals surface area contributed by atoms with Crippen molar-refractivity contribution in [3.63, 3.8) is 0 Å². The van der Waals surface area contributed by atoms with E-state index in [0.29, 0.717) is 12.8 Å². The number of hydrogen-bond donors (Lipinski definition) is 2. The molecule has 0 atom stereocenters. The fraction of sp³-hybridized carbons (Fsp3) is 0.500. The van der Waals surface area contributed by atoms with Crippen molar-refractivity contribution in [2.45, 2.75) is 45.8 Å². The number of aliphatic hydroxyl groups is 1. The average molecular weight is 233 g/mol. The van der Waals surface area contributed by atoms with Gasteiger partial charge in [0.05, 0.1) is 6.10 Å². The van der Waals surface area contributed by atoms with Crippen molar-refractivity contribution in [2.24, 2.45) is 0 Å². The molecule has 2 N–H and O–H groups in total. The monoisotopic (exact) mass is 233 g/mol. The minimum Gasteiger partial charge on any atom is -0.393 e. The number of carbonyl (C=O) groups excluding carboxylic acids is 1. The van der Waals surface area contributed by atoms with E-state index >= 15 is 0 Å². The van der Waals surface area contributed by atoms with Crippen LogP contribution in [0.3, 0.4) is 0 Å². The van der Waals surface area contributed by atoms with Crippen molar-refractivity contribution in [3.8, 4) is 0 Å². The number of amides is 1. The van der Waals surface area contributed by atoms with Crippen molar-refractivity contribution in [1.29, 1.82) is 0 Å². The maximum atomic E-state index is 12.1. The van der Waals surface area contributed by atoms with Crippen LogP contribution in [0.1, 0.15) is 39.9 Å². The molecule has 0 spiro atoms. The molecule has 0 saturated heterocycles. The van der Waals surface area contributed by atoms with Gasteiger partial charge in [0.2, 0.25) is 0 Å². The molecule has 0 heterocycles. The first kappa shape index (κ1) is 12.1. The summed E-state index contributed by atoms with van der Waals surface area (Å²) >= 11 is 0. The third-order valence-corrected chi connectivity index (χ3v) is 3.35. The number of carbonyl (C=O) groups is 1. The maximum Gasteiger partial charge on any atom is 0.252 e. The smallest absolute Gasteiger partial charge is 0.252 e. The Morgan fingerprint density at radius 1 is 1.24 bits per heavy atom. The van der Waals surface area contributed by atoms with E-state index in [9.17, 15) is 9.90 Å². The van der Waals surface area contributed by atoms with Crippen LogP contribution >= 0.6 is 0 Å². The SMILES string of the molecule is Cc1cc(C)c(C(=O)NC2CC(O)C2)c(C)c1. The predicted molar refractivity (Wildman–Crippen MR) is 67.1 cm³/mol. The molecule has 1 aliphatic carbocycles. The zero-order valence-corrected chi connectivity index (χ0v) is 10.6. The Hall–Kier alpha value is -1.35. The predicted octanol–water partition coefficient (Wildman–Crippen LogP) is 1.86. The van der Waals surface area contributed by atoms with Gasteiger partial charge in [0.15, 0.2) is 0 Å². The lowest BCUT2D eigenvalue weighted by molar-refractivity contribution is 0.0562. The molecular formula is C14H19NO2. The molecule has 1 fully saturated rings. The zero-order chi connectivity index (χ0) is 12.6. The molecule has 2 rings (SSSR count). The van der Waals surface area contributed by atoms with Crippen molar-refractivity contribution in [3.05, 3.63) is 34.4 Å². The van der Waals surface area contributed by atoms with Crippen molar-refractivity contribution < 1.29 is 9.90 Å². The van der Waals surface area contributed by atoms with E-state index in [1.54, 1.807) is 0 Å². The largest absolute Gasteiger partial charge is 0.393 e. The molecule has 1 amide bonds. The molecule has 3 heteroatoms. The zero-order valence-electron chi connectivity index (χ0n) is 10.6. The van der Waals surface area contributed by atoms with Gasteiger partial charge in [-0.25, -0.2) is 0 Å². The van der Waals surface area contributed by atoms with Gasteiger partial charge in [0, 0.05) is 11.6 Å². The van der Waals surface area contributed by atoms with Crippen molar-refractivity contribution in [2.75, 3.05) is 0 Å². The topological polar surface area (TPSA) is 49.3 Å². The molecule has 3 nitrogen and oxygen atoms in total. The number of rotatable bonds is 2. The Morgan fingerprint density at radius 3 is 2.24 bits per heavy atom. The lowest BCUT2D eigenvalue weighted by Crippen LogP contribution is -2.47. The molecule has 1 saturated carbocycles. The maximum absolute atomic E-state index is 12.1. The first-order valence-electron chi connectivity index (χ1n) is 6.04. The van der Waals surface area contributed by atoms with Crippen molar-refractivity contribution in [1.82, 2.24) is 5.32 Å². The molecule has 0 radical (unpaired) electrons. The molecule has 0 bridgehead atoms. The molecule has 0 aromatic heterocycles. The van der Waals surface area contributed by atoms with Gasteiger partial charge in [-0.2, -0.15) is 0 Å². The van der Waals surface area contributed by atoms with Gasteiger partial charge in [0.25, 0.3) is 5.91 Å². The van der Waals surface area contributed by atoms with Crippen LogP contribution in [0, 0.1) is 20.8 Å². The Kier molecular flexibility index (Phi) is 3.20. The molecule has 92 valence electrons. The lowest BCUT2D eigenvalue weighted by atomic mass is 9.89. The van der Waals surface area contributed by atoms with Crippen LogP contribution in [0.4, 0.5) is 0 Å². The van der Waals surface area contributed by atoms with Crippen LogP contribution in [-0.4, -0.2) is 23.2 Å². The highest BCUT2D eigenvalue weighted by atomic mass is 16.3. The quantitative estimate of drug-likeness (QED) is 0.819. The summed E-state index contributed by atoms with van der Waals surface area (Å²) in [7, 11) is 0. The third kappa shape index (κ3) is 2.50. The molecular weight excluding hydrogens is 214 g/mol. The van der Waals surface area contributed by atoms with E-state index in [4.69, 9.17) is 0 Å². The van der Waals surface area contributed by atoms with E-state index in [-0.39, 0.29) is 18.1 Å². The minimum atomic E-state index is -0.236. The summed E-state index contributed by atoms with van der Waals surface area (Å²) < 4.78 is 0. The Labute approximate surface area is 102 Å². The average Bonchev–Trinajstić information content (AvgIpc) is 2.13. The standard InChI is InChI=1S/C14H19NO2/c1-8-4-9(2)13(10(3)5-8)14(17)15-11-6-12(16)7-11/h4-5,11-12,16H,6-7H2,1-3H3,(H,15,17). The van der Waals surface area contributed by atoms with E-state index in [2.05, 4.69) is 5.32 Å². The normalized spacial score (nSPS) is 23.1. The number of nitrogens with one attached hydrogen (secondary N) is 1. The van der Waals surface area contributed by atoms with Crippen LogP contribution in [0.15, 0.2) is 12.1 Å². The second kappa shape index (κ2) is 4.49. The van der Waals surface area contributed by atoms with Gasteiger partial charge < -0.3 is 10.4 Å². The summed E-state index contributed by atoms with van der Waals surface area (Å²) in [5.41, 5.74) is 3.98. The summed E-state index contributed by atoms with van der Waals surface area (Å²) in [5.74, 6) is -0.0168. The summed E-state index contributed by atoms with van der Waals surface area (Å²) in [6, 6.07) is 4.19. The van der Waals surface area contributed by atoms with Gasteiger partial charge >= 0.3 is 0 Å². The fourth-order valence-electron chi connectivity index (χ4n) is 2.50. The van der Waals surface area contributed by atoms with E-state index < -0.39 is 0 Å². The van der Waals surface area contributed by atoms with Crippen LogP contribution in [0.5, 0.6) is 0 Å². The number of hydrogen-bond acceptors (Lipinski definition) is 2. The highest BCUT2D eigenvalue weighted by Crippen LogP contribution is 2.21. The number of benzene rings is 1. The lowest BCUT2D eigenvalue weighted by Gasteiger charge is -2.32. The van der Waals surface area contributed by atoms with Gasteiger partial charge in [-0.05, 0) is 44.7 Å². The molecule has 17 heavy (non-hydrogen) atoms.